The summed E-state index contributed by atoms with van der Waals surface area (Å²) in [5, 5.41) is 0. The lowest BCUT2D eigenvalue weighted by atomic mass is 9.86. The van der Waals surface area contributed by atoms with Gasteiger partial charge in [-0.15, -0.1) is 0 Å². The van der Waals surface area contributed by atoms with E-state index in [1.54, 1.807) is 0 Å². The minimum Gasteiger partial charge on any atom is -0.378 e. The number of hydrogen-bond donors (Lipinski definition) is 0. The minimum atomic E-state index is 0.0316. The van der Waals surface area contributed by atoms with Crippen LogP contribution in [0.4, 0.5) is 5.69 Å². The molecule has 1 saturated heterocycles. The van der Waals surface area contributed by atoms with E-state index >= 15 is 0 Å². The zero-order valence-electron chi connectivity index (χ0n) is 18.8. The molecule has 1 aliphatic heterocycles. The van der Waals surface area contributed by atoms with Crippen LogP contribution >= 0.6 is 0 Å². The van der Waals surface area contributed by atoms with Crippen LogP contribution in [0.3, 0.4) is 0 Å². The maximum atomic E-state index is 13.0. The molecule has 2 amide bonds. The maximum Gasteiger partial charge on any atom is 0.253 e. The van der Waals surface area contributed by atoms with Gasteiger partial charge in [0.2, 0.25) is 0 Å². The summed E-state index contributed by atoms with van der Waals surface area (Å²) in [5.74, 6) is 0.0734. The fourth-order valence-corrected chi connectivity index (χ4v) is 3.70. The van der Waals surface area contributed by atoms with Gasteiger partial charge >= 0.3 is 0 Å². The molecule has 1 fully saturated rings. The third kappa shape index (κ3) is 5.02. The van der Waals surface area contributed by atoms with E-state index in [1.165, 1.54) is 5.56 Å². The van der Waals surface area contributed by atoms with Gasteiger partial charge in [-0.1, -0.05) is 32.9 Å². The number of hydrogen-bond acceptors (Lipinski definition) is 3. The van der Waals surface area contributed by atoms with Crippen LogP contribution in [0.5, 0.6) is 0 Å². The Balaban J connectivity index is 1.64. The molecule has 0 spiro atoms. The van der Waals surface area contributed by atoms with E-state index in [0.29, 0.717) is 37.3 Å². The van der Waals surface area contributed by atoms with Gasteiger partial charge < -0.3 is 14.7 Å². The number of carbonyl (C=O) groups excluding carboxylic acids is 2. The summed E-state index contributed by atoms with van der Waals surface area (Å²) in [6.07, 6.45) is 0.785. The zero-order valence-corrected chi connectivity index (χ0v) is 18.8. The molecule has 2 aromatic carbocycles. The summed E-state index contributed by atoms with van der Waals surface area (Å²) in [5.41, 5.74) is 3.75. The van der Waals surface area contributed by atoms with E-state index in [-0.39, 0.29) is 17.2 Å². The zero-order chi connectivity index (χ0) is 21.9. The largest absolute Gasteiger partial charge is 0.378 e. The fraction of sp³-hybridized carbons (Fsp3) is 0.440. The van der Waals surface area contributed by atoms with E-state index in [4.69, 9.17) is 0 Å². The normalized spacial score (nSPS) is 15.0. The molecule has 0 aliphatic carbocycles. The van der Waals surface area contributed by atoms with Crippen LogP contribution in [-0.2, 0) is 5.41 Å². The van der Waals surface area contributed by atoms with E-state index < -0.39 is 0 Å². The molecule has 0 bridgehead atoms. The molecule has 0 unspecified atom stereocenters. The van der Waals surface area contributed by atoms with Crippen molar-refractivity contribution in [1.29, 1.82) is 0 Å². The van der Waals surface area contributed by atoms with Crippen molar-refractivity contribution in [3.05, 3.63) is 65.2 Å². The number of anilines is 1. The topological polar surface area (TPSA) is 43.9 Å². The molecular formula is C25H33N3O2. The molecular weight excluding hydrogens is 374 g/mol. The molecule has 1 heterocycles. The summed E-state index contributed by atoms with van der Waals surface area (Å²) in [6, 6.07) is 15.6. The number of rotatable bonds is 3. The molecule has 3 rings (SSSR count). The van der Waals surface area contributed by atoms with E-state index in [1.807, 2.05) is 77.3 Å². The van der Waals surface area contributed by atoms with Crippen molar-refractivity contribution in [3.63, 3.8) is 0 Å². The highest BCUT2D eigenvalue weighted by Crippen LogP contribution is 2.23. The molecule has 5 nitrogen and oxygen atoms in total. The van der Waals surface area contributed by atoms with Crippen LogP contribution < -0.4 is 4.90 Å². The molecule has 30 heavy (non-hydrogen) atoms. The Labute approximate surface area is 180 Å². The van der Waals surface area contributed by atoms with Crippen molar-refractivity contribution in [2.24, 2.45) is 0 Å². The number of benzene rings is 2. The summed E-state index contributed by atoms with van der Waals surface area (Å²) in [7, 11) is 3.96. The average molecular weight is 408 g/mol. The van der Waals surface area contributed by atoms with E-state index in [2.05, 4.69) is 20.8 Å². The van der Waals surface area contributed by atoms with Crippen molar-refractivity contribution in [3.8, 4) is 0 Å². The fourth-order valence-electron chi connectivity index (χ4n) is 3.70. The van der Waals surface area contributed by atoms with Crippen LogP contribution in [-0.4, -0.2) is 61.9 Å². The van der Waals surface area contributed by atoms with E-state index in [0.717, 1.165) is 12.1 Å². The summed E-state index contributed by atoms with van der Waals surface area (Å²) in [4.78, 5) is 31.6. The quantitative estimate of drug-likeness (QED) is 0.771. The standard InChI is InChI=1S/C25H33N3O2/c1-25(2,3)21-11-7-19(8-12-21)23(29)27-15-6-16-28(18-17-27)24(30)20-9-13-22(14-10-20)26(4)5/h7-14H,6,15-18H2,1-5H3. The van der Waals surface area contributed by atoms with Gasteiger partial charge in [-0.3, -0.25) is 9.59 Å². The first-order valence-corrected chi connectivity index (χ1v) is 10.6. The lowest BCUT2D eigenvalue weighted by molar-refractivity contribution is 0.0718. The number of nitrogens with zero attached hydrogens (tertiary/aromatic N) is 3. The van der Waals surface area contributed by atoms with Crippen LogP contribution in [0.25, 0.3) is 0 Å². The summed E-state index contributed by atoms with van der Waals surface area (Å²) < 4.78 is 0. The Morgan fingerprint density at radius 3 is 1.57 bits per heavy atom. The summed E-state index contributed by atoms with van der Waals surface area (Å²) in [6.45, 7) is 8.94. The van der Waals surface area contributed by atoms with Gasteiger partial charge in [0.25, 0.3) is 11.8 Å². The van der Waals surface area contributed by atoms with Crippen molar-refractivity contribution in [2.75, 3.05) is 45.2 Å². The monoisotopic (exact) mass is 407 g/mol. The molecule has 0 aromatic heterocycles. The van der Waals surface area contributed by atoms with Crippen molar-refractivity contribution in [2.45, 2.75) is 32.6 Å². The molecule has 0 N–H and O–H groups in total. The number of amides is 2. The first kappa shape index (κ1) is 21.9. The van der Waals surface area contributed by atoms with Crippen LogP contribution in [0.1, 0.15) is 53.5 Å². The molecule has 0 atom stereocenters. The Hall–Kier alpha value is -2.82. The molecule has 1 aliphatic rings. The number of carbonyl (C=O) groups is 2. The van der Waals surface area contributed by atoms with Gasteiger partial charge in [0.15, 0.2) is 0 Å². The summed E-state index contributed by atoms with van der Waals surface area (Å²) >= 11 is 0. The van der Waals surface area contributed by atoms with Crippen molar-refractivity contribution in [1.82, 2.24) is 9.80 Å². The van der Waals surface area contributed by atoms with Gasteiger partial charge in [0, 0.05) is 57.1 Å². The Kier molecular flexibility index (Phi) is 6.49. The van der Waals surface area contributed by atoms with Crippen LogP contribution in [0, 0.1) is 0 Å². The van der Waals surface area contributed by atoms with Gasteiger partial charge in [-0.25, -0.2) is 0 Å². The molecule has 160 valence electrons. The van der Waals surface area contributed by atoms with Gasteiger partial charge in [-0.2, -0.15) is 0 Å². The van der Waals surface area contributed by atoms with E-state index in [9.17, 15) is 9.59 Å². The van der Waals surface area contributed by atoms with Crippen LogP contribution in [0.15, 0.2) is 48.5 Å². The predicted octanol–water partition coefficient (Wildman–Crippen LogP) is 4.04. The lowest BCUT2D eigenvalue weighted by Crippen LogP contribution is -2.37. The SMILES string of the molecule is CN(C)c1ccc(C(=O)N2CCCN(C(=O)c3ccc(C(C)(C)C)cc3)CC2)cc1. The minimum absolute atomic E-state index is 0.0316. The molecule has 2 aromatic rings. The molecule has 5 heteroatoms. The van der Waals surface area contributed by atoms with Crippen molar-refractivity contribution < 1.29 is 9.59 Å². The third-order valence-corrected chi connectivity index (χ3v) is 5.70. The molecule has 0 saturated carbocycles. The highest BCUT2D eigenvalue weighted by Gasteiger charge is 2.24. The third-order valence-electron chi connectivity index (χ3n) is 5.70. The highest BCUT2D eigenvalue weighted by atomic mass is 16.2. The second kappa shape index (κ2) is 8.90. The van der Waals surface area contributed by atoms with Gasteiger partial charge in [-0.05, 0) is 53.8 Å². The van der Waals surface area contributed by atoms with Crippen LogP contribution in [0.2, 0.25) is 0 Å². The second-order valence-electron chi connectivity index (χ2n) is 9.21. The predicted molar refractivity (Wildman–Crippen MR) is 122 cm³/mol. The average Bonchev–Trinajstić information content (AvgIpc) is 2.98. The Morgan fingerprint density at radius 1 is 0.733 bits per heavy atom. The Morgan fingerprint density at radius 2 is 1.17 bits per heavy atom. The van der Waals surface area contributed by atoms with Gasteiger partial charge in [0.1, 0.15) is 0 Å². The van der Waals surface area contributed by atoms with Crippen molar-refractivity contribution >= 4 is 17.5 Å². The lowest BCUT2D eigenvalue weighted by Gasteiger charge is -2.23. The Bertz CT molecular complexity index is 880. The first-order chi connectivity index (χ1) is 14.2. The molecule has 0 radical (unpaired) electrons. The smallest absolute Gasteiger partial charge is 0.253 e. The maximum absolute atomic E-state index is 13.0. The highest BCUT2D eigenvalue weighted by molar-refractivity contribution is 5.95. The first-order valence-electron chi connectivity index (χ1n) is 10.6. The second-order valence-corrected chi connectivity index (χ2v) is 9.21. The van der Waals surface area contributed by atoms with Gasteiger partial charge in [0.05, 0.1) is 0 Å².